The molecule has 2 aromatic rings. The minimum absolute atomic E-state index is 0.455. The highest BCUT2D eigenvalue weighted by Crippen LogP contribution is 2.41. The Labute approximate surface area is 126 Å². The number of halogens is 1. The molecule has 1 aliphatic rings. The molecule has 0 saturated carbocycles. The Morgan fingerprint density at radius 1 is 1.10 bits per heavy atom. The van der Waals surface area contributed by atoms with Gasteiger partial charge in [-0.15, -0.1) is 0 Å². The van der Waals surface area contributed by atoms with Crippen molar-refractivity contribution in [2.75, 3.05) is 0 Å². The second kappa shape index (κ2) is 5.08. The molecule has 0 radical (unpaired) electrons. The molecule has 3 rings (SSSR count). The first-order valence-electron chi connectivity index (χ1n) is 6.22. The minimum Gasteiger partial charge on any atom is -0.276 e. The molecule has 0 aromatic heterocycles. The molecule has 1 aliphatic heterocycles. The van der Waals surface area contributed by atoms with Crippen LogP contribution in [0.25, 0.3) is 0 Å². The molecule has 0 spiro atoms. The molecule has 4 heteroatoms. The first kappa shape index (κ1) is 13.4. The van der Waals surface area contributed by atoms with Gasteiger partial charge in [0.05, 0.1) is 5.69 Å². The van der Waals surface area contributed by atoms with E-state index in [-0.39, 0.29) is 0 Å². The van der Waals surface area contributed by atoms with Crippen molar-refractivity contribution in [2.24, 2.45) is 4.99 Å². The van der Waals surface area contributed by atoms with Crippen LogP contribution in [0, 0.1) is 6.92 Å². The number of rotatable bonds is 1. The maximum absolute atomic E-state index is 11.3. The quantitative estimate of drug-likeness (QED) is 0.695. The number of benzene rings is 2. The van der Waals surface area contributed by atoms with Gasteiger partial charge in [-0.1, -0.05) is 23.9 Å². The van der Waals surface area contributed by atoms with E-state index in [0.29, 0.717) is 5.56 Å². The van der Waals surface area contributed by atoms with Gasteiger partial charge in [0.25, 0.3) is 5.24 Å². The molecule has 0 amide bonds. The molecule has 0 atom stereocenters. The molecule has 0 aliphatic carbocycles. The van der Waals surface area contributed by atoms with Crippen molar-refractivity contribution >= 4 is 40.0 Å². The third kappa shape index (κ3) is 2.39. The molecule has 1 heterocycles. The van der Waals surface area contributed by atoms with Crippen LogP contribution in [0.1, 0.15) is 28.4 Å². The summed E-state index contributed by atoms with van der Waals surface area (Å²) in [5.41, 5.74) is 4.58. The summed E-state index contributed by atoms with van der Waals surface area (Å²) in [6.07, 6.45) is 0. The van der Waals surface area contributed by atoms with Crippen LogP contribution >= 0.6 is 23.4 Å². The first-order valence-corrected chi connectivity index (χ1v) is 7.42. The molecular formula is C16H12ClNOS. The van der Waals surface area contributed by atoms with Crippen LogP contribution in [-0.2, 0) is 0 Å². The zero-order valence-corrected chi connectivity index (χ0v) is 12.7. The number of hydrogen-bond donors (Lipinski definition) is 0. The summed E-state index contributed by atoms with van der Waals surface area (Å²) >= 11 is 7.21. The van der Waals surface area contributed by atoms with Crippen LogP contribution in [0.3, 0.4) is 0 Å². The Balaban J connectivity index is 2.18. The fourth-order valence-corrected chi connectivity index (χ4v) is 3.46. The molecule has 20 heavy (non-hydrogen) atoms. The van der Waals surface area contributed by atoms with Gasteiger partial charge in [0.15, 0.2) is 0 Å². The molecule has 2 nitrogen and oxygen atoms in total. The van der Waals surface area contributed by atoms with E-state index in [9.17, 15) is 4.79 Å². The van der Waals surface area contributed by atoms with E-state index in [1.807, 2.05) is 13.0 Å². The fraction of sp³-hybridized carbons (Fsp3) is 0.125. The van der Waals surface area contributed by atoms with Gasteiger partial charge in [0, 0.05) is 26.6 Å². The summed E-state index contributed by atoms with van der Waals surface area (Å²) in [4.78, 5) is 18.1. The van der Waals surface area contributed by atoms with Gasteiger partial charge in [-0.05, 0) is 55.3 Å². The lowest BCUT2D eigenvalue weighted by molar-refractivity contribution is 0.108. The van der Waals surface area contributed by atoms with Gasteiger partial charge < -0.3 is 0 Å². The predicted molar refractivity (Wildman–Crippen MR) is 83.8 cm³/mol. The van der Waals surface area contributed by atoms with E-state index in [1.165, 1.54) is 10.5 Å². The van der Waals surface area contributed by atoms with Crippen LogP contribution in [0.2, 0.25) is 0 Å². The summed E-state index contributed by atoms with van der Waals surface area (Å²) in [6, 6.07) is 11.7. The Morgan fingerprint density at radius 3 is 2.65 bits per heavy atom. The normalized spacial score (nSPS) is 13.1. The highest BCUT2D eigenvalue weighted by molar-refractivity contribution is 7.99. The number of aliphatic imine (C=N–C) groups is 1. The summed E-state index contributed by atoms with van der Waals surface area (Å²) < 4.78 is 0. The molecule has 0 bridgehead atoms. The third-order valence-corrected chi connectivity index (χ3v) is 4.56. The SMILES string of the molecule is CC1=Nc2cc(C(=O)Cl)ccc2Sc2cc(C)ccc21. The maximum Gasteiger partial charge on any atom is 0.252 e. The zero-order valence-electron chi connectivity index (χ0n) is 11.1. The number of hydrogen-bond acceptors (Lipinski definition) is 3. The molecule has 2 aromatic carbocycles. The topological polar surface area (TPSA) is 29.4 Å². The average Bonchev–Trinajstić information content (AvgIpc) is 2.53. The van der Waals surface area contributed by atoms with Crippen LogP contribution < -0.4 is 0 Å². The van der Waals surface area contributed by atoms with Gasteiger partial charge >= 0.3 is 0 Å². The maximum atomic E-state index is 11.3. The van der Waals surface area contributed by atoms with E-state index in [4.69, 9.17) is 11.6 Å². The third-order valence-electron chi connectivity index (χ3n) is 3.22. The Hall–Kier alpha value is -1.58. The average molecular weight is 302 g/mol. The molecular weight excluding hydrogens is 290 g/mol. The van der Waals surface area contributed by atoms with Crippen LogP contribution in [0.4, 0.5) is 5.69 Å². The van der Waals surface area contributed by atoms with Crippen molar-refractivity contribution < 1.29 is 4.79 Å². The summed E-state index contributed by atoms with van der Waals surface area (Å²) in [5.74, 6) is 0. The summed E-state index contributed by atoms with van der Waals surface area (Å²) in [7, 11) is 0. The highest BCUT2D eigenvalue weighted by atomic mass is 35.5. The smallest absolute Gasteiger partial charge is 0.252 e. The Kier molecular flexibility index (Phi) is 3.40. The van der Waals surface area contributed by atoms with Gasteiger partial charge in [0.2, 0.25) is 0 Å². The molecule has 0 N–H and O–H groups in total. The van der Waals surface area contributed by atoms with E-state index < -0.39 is 5.24 Å². The van der Waals surface area contributed by atoms with Gasteiger partial charge in [-0.2, -0.15) is 0 Å². The lowest BCUT2D eigenvalue weighted by atomic mass is 10.1. The monoisotopic (exact) mass is 301 g/mol. The molecule has 100 valence electrons. The van der Waals surface area contributed by atoms with Crippen LogP contribution in [-0.4, -0.2) is 11.0 Å². The second-order valence-electron chi connectivity index (χ2n) is 4.76. The van der Waals surface area contributed by atoms with Gasteiger partial charge in [0.1, 0.15) is 0 Å². The van der Waals surface area contributed by atoms with Crippen molar-refractivity contribution in [3.05, 3.63) is 53.1 Å². The molecule has 0 fully saturated rings. The number of fused-ring (bicyclic) bond motifs is 2. The van der Waals surface area contributed by atoms with Crippen LogP contribution in [0.5, 0.6) is 0 Å². The van der Waals surface area contributed by atoms with Crippen molar-refractivity contribution in [1.29, 1.82) is 0 Å². The largest absolute Gasteiger partial charge is 0.276 e. The predicted octanol–water partition coefficient (Wildman–Crippen LogP) is 4.98. The first-order chi connectivity index (χ1) is 9.54. The van der Waals surface area contributed by atoms with Crippen molar-refractivity contribution in [3.63, 3.8) is 0 Å². The highest BCUT2D eigenvalue weighted by Gasteiger charge is 2.16. The van der Waals surface area contributed by atoms with Gasteiger partial charge in [-0.3, -0.25) is 9.79 Å². The van der Waals surface area contributed by atoms with Crippen molar-refractivity contribution in [3.8, 4) is 0 Å². The number of aryl methyl sites for hydroxylation is 1. The fourth-order valence-electron chi connectivity index (χ4n) is 2.19. The minimum atomic E-state index is -0.455. The van der Waals surface area contributed by atoms with E-state index in [0.717, 1.165) is 21.9 Å². The van der Waals surface area contributed by atoms with E-state index in [2.05, 4.69) is 30.1 Å². The lowest BCUT2D eigenvalue weighted by Crippen LogP contribution is -1.95. The van der Waals surface area contributed by atoms with E-state index in [1.54, 1.807) is 23.9 Å². The van der Waals surface area contributed by atoms with Crippen molar-refractivity contribution in [1.82, 2.24) is 0 Å². The number of carbonyl (C=O) groups is 1. The standard InChI is InChI=1S/C16H12ClNOS/c1-9-3-5-12-10(2)18-13-8-11(16(17)19)4-6-14(13)20-15(12)7-9/h3-8H,1-2H3. The number of nitrogens with zero attached hydrogens (tertiary/aromatic N) is 1. The van der Waals surface area contributed by atoms with E-state index >= 15 is 0 Å². The Bertz CT molecular complexity index is 752. The molecule has 0 unspecified atom stereocenters. The van der Waals surface area contributed by atoms with Gasteiger partial charge in [-0.25, -0.2) is 0 Å². The van der Waals surface area contributed by atoms with Crippen molar-refractivity contribution in [2.45, 2.75) is 23.6 Å². The number of carbonyl (C=O) groups excluding carboxylic acids is 1. The van der Waals surface area contributed by atoms with Crippen LogP contribution in [0.15, 0.2) is 51.2 Å². The lowest BCUT2D eigenvalue weighted by Gasteiger charge is -2.07. The molecule has 0 saturated heterocycles. The summed E-state index contributed by atoms with van der Waals surface area (Å²) in [6.45, 7) is 4.06. The summed E-state index contributed by atoms with van der Waals surface area (Å²) in [5, 5.41) is -0.455. The Morgan fingerprint density at radius 2 is 1.90 bits per heavy atom. The zero-order chi connectivity index (χ0) is 14.3. The second-order valence-corrected chi connectivity index (χ2v) is 6.18.